The average Bonchev–Trinajstić information content (AvgIpc) is 3.58. The highest BCUT2D eigenvalue weighted by molar-refractivity contribution is 5.92. The maximum absolute atomic E-state index is 13.3. The number of imidazole rings is 1. The number of rotatable bonds is 9. The Morgan fingerprint density at radius 2 is 1.97 bits per heavy atom. The van der Waals surface area contributed by atoms with E-state index in [-0.39, 0.29) is 24.1 Å². The Morgan fingerprint density at radius 1 is 1.23 bits per heavy atom. The third-order valence-corrected chi connectivity index (χ3v) is 6.90. The minimum Gasteiger partial charge on any atom is -0.406 e. The van der Waals surface area contributed by atoms with E-state index in [0.717, 1.165) is 25.9 Å². The Morgan fingerprint density at radius 3 is 2.60 bits per heavy atom. The van der Waals surface area contributed by atoms with Crippen LogP contribution in [0.15, 0.2) is 36.8 Å². The molecule has 35 heavy (non-hydrogen) atoms. The van der Waals surface area contributed by atoms with Crippen molar-refractivity contribution in [3.8, 4) is 5.75 Å². The summed E-state index contributed by atoms with van der Waals surface area (Å²) in [6.07, 6.45) is 0.510. The summed E-state index contributed by atoms with van der Waals surface area (Å²) < 4.78 is 43.7. The average molecular weight is 492 g/mol. The van der Waals surface area contributed by atoms with E-state index in [2.05, 4.69) is 19.9 Å². The number of nitrogens with zero attached hydrogens (tertiary/aromatic N) is 4. The summed E-state index contributed by atoms with van der Waals surface area (Å²) in [5, 5.41) is 3.01. The van der Waals surface area contributed by atoms with Crippen molar-refractivity contribution in [1.29, 1.82) is 0 Å². The van der Waals surface area contributed by atoms with Crippen molar-refractivity contribution >= 4 is 11.8 Å². The molecule has 1 aliphatic heterocycles. The zero-order chi connectivity index (χ0) is 24.7. The van der Waals surface area contributed by atoms with Gasteiger partial charge in [-0.1, -0.05) is 12.1 Å². The second-order valence-electron chi connectivity index (χ2n) is 9.83. The lowest BCUT2D eigenvalue weighted by Gasteiger charge is -2.25. The number of carbonyl (C=O) groups is 2. The number of amides is 2. The van der Waals surface area contributed by atoms with Gasteiger partial charge >= 0.3 is 6.36 Å². The van der Waals surface area contributed by atoms with Gasteiger partial charge in [0.15, 0.2) is 0 Å². The Kier molecular flexibility index (Phi) is 6.20. The molecule has 1 aromatic carbocycles. The van der Waals surface area contributed by atoms with Crippen molar-refractivity contribution in [2.45, 2.75) is 31.8 Å². The number of aryl methyl sites for hydroxylation is 1. The summed E-state index contributed by atoms with van der Waals surface area (Å²) in [5.74, 6) is 0.589. The molecule has 1 aromatic heterocycles. The van der Waals surface area contributed by atoms with Gasteiger partial charge in [-0.05, 0) is 48.3 Å². The Labute approximate surface area is 201 Å². The lowest BCUT2D eigenvalue weighted by atomic mass is 10.1. The van der Waals surface area contributed by atoms with E-state index in [4.69, 9.17) is 0 Å². The van der Waals surface area contributed by atoms with Crippen molar-refractivity contribution in [2.24, 2.45) is 24.8 Å². The molecular weight excluding hydrogens is 463 g/mol. The molecule has 0 radical (unpaired) electrons. The summed E-state index contributed by atoms with van der Waals surface area (Å²) in [6.45, 7) is 2.66. The maximum Gasteiger partial charge on any atom is 0.573 e. The quantitative estimate of drug-likeness (QED) is 0.583. The molecule has 8 nitrogen and oxygen atoms in total. The summed E-state index contributed by atoms with van der Waals surface area (Å²) in [6, 6.07) is 6.05. The van der Waals surface area contributed by atoms with Crippen LogP contribution < -0.4 is 10.1 Å². The predicted octanol–water partition coefficient (Wildman–Crippen LogP) is 2.42. The highest BCUT2D eigenvalue weighted by Gasteiger charge is 2.56. The summed E-state index contributed by atoms with van der Waals surface area (Å²) in [7, 11) is 1.77. The molecule has 1 N–H and O–H groups in total. The molecule has 0 spiro atoms. The first kappa shape index (κ1) is 23.7. The molecule has 2 saturated carbocycles. The molecule has 3 aliphatic rings. The molecule has 2 aromatic rings. The molecule has 2 amide bonds. The van der Waals surface area contributed by atoms with Crippen molar-refractivity contribution < 1.29 is 27.5 Å². The third kappa shape index (κ3) is 5.95. The van der Waals surface area contributed by atoms with Gasteiger partial charge in [-0.25, -0.2) is 4.98 Å². The summed E-state index contributed by atoms with van der Waals surface area (Å²) >= 11 is 0. The number of likely N-dealkylation sites (tertiary alicyclic amines) is 1. The van der Waals surface area contributed by atoms with Gasteiger partial charge in [-0.15, -0.1) is 13.2 Å². The number of benzene rings is 1. The molecular formula is C24H28F3N5O3. The second-order valence-corrected chi connectivity index (χ2v) is 9.83. The monoisotopic (exact) mass is 491 g/mol. The van der Waals surface area contributed by atoms with Crippen LogP contribution in [0.1, 0.15) is 28.9 Å². The number of halogens is 3. The van der Waals surface area contributed by atoms with E-state index in [0.29, 0.717) is 48.1 Å². The van der Waals surface area contributed by atoms with Gasteiger partial charge < -0.3 is 19.5 Å². The van der Waals surface area contributed by atoms with Gasteiger partial charge in [0.25, 0.3) is 5.91 Å². The number of nitrogens with one attached hydrogen (secondary N) is 1. The van der Waals surface area contributed by atoms with Crippen molar-refractivity contribution in [2.75, 3.05) is 26.2 Å². The minimum absolute atomic E-state index is 0.0678. The Balaban J connectivity index is 1.23. The van der Waals surface area contributed by atoms with Crippen LogP contribution in [0, 0.1) is 17.8 Å². The van der Waals surface area contributed by atoms with E-state index < -0.39 is 6.36 Å². The van der Waals surface area contributed by atoms with Gasteiger partial charge in [0.05, 0.1) is 12.9 Å². The number of fused-ring (bicyclic) bond motifs is 1. The van der Waals surface area contributed by atoms with Crippen LogP contribution in [-0.2, 0) is 18.4 Å². The van der Waals surface area contributed by atoms with Crippen LogP contribution in [0.3, 0.4) is 0 Å². The molecule has 0 bridgehead atoms. The lowest BCUT2D eigenvalue weighted by molar-refractivity contribution is -0.274. The second kappa shape index (κ2) is 9.18. The number of alkyl halides is 3. The first-order valence-electron chi connectivity index (χ1n) is 11.8. The van der Waals surface area contributed by atoms with Crippen molar-refractivity contribution in [1.82, 2.24) is 24.7 Å². The highest BCUT2D eigenvalue weighted by atomic mass is 19.4. The lowest BCUT2D eigenvalue weighted by Crippen LogP contribution is -2.39. The zero-order valence-electron chi connectivity index (χ0n) is 19.4. The third-order valence-electron chi connectivity index (χ3n) is 6.90. The fraction of sp³-hybridized carbons (Fsp3) is 0.542. The number of carbonyl (C=O) groups excluding carboxylic acids is 2. The number of hydrogen-bond donors (Lipinski definition) is 1. The summed E-state index contributed by atoms with van der Waals surface area (Å²) in [4.78, 5) is 33.3. The van der Waals surface area contributed by atoms with Crippen LogP contribution in [0.2, 0.25) is 0 Å². The zero-order valence-corrected chi connectivity index (χ0v) is 19.4. The van der Waals surface area contributed by atoms with E-state index in [9.17, 15) is 22.8 Å². The van der Waals surface area contributed by atoms with Crippen LogP contribution >= 0.6 is 0 Å². The van der Waals surface area contributed by atoms with Gasteiger partial charge in [-0.2, -0.15) is 0 Å². The molecule has 1 saturated heterocycles. The van der Waals surface area contributed by atoms with E-state index in [1.807, 2.05) is 0 Å². The van der Waals surface area contributed by atoms with Gasteiger partial charge in [-0.3, -0.25) is 14.5 Å². The number of aromatic nitrogens is 2. The first-order chi connectivity index (χ1) is 16.6. The van der Waals surface area contributed by atoms with Gasteiger partial charge in [0.2, 0.25) is 5.91 Å². The molecule has 2 aliphatic carbocycles. The fourth-order valence-corrected chi connectivity index (χ4v) is 5.06. The molecule has 3 fully saturated rings. The predicted molar refractivity (Wildman–Crippen MR) is 119 cm³/mol. The molecule has 11 heteroatoms. The van der Waals surface area contributed by atoms with Crippen LogP contribution in [0.4, 0.5) is 13.2 Å². The topological polar surface area (TPSA) is 79.7 Å². The Hall–Kier alpha value is -3.08. The van der Waals surface area contributed by atoms with E-state index in [1.54, 1.807) is 35.1 Å². The molecule has 2 heterocycles. The first-order valence-corrected chi connectivity index (χ1v) is 11.8. The van der Waals surface area contributed by atoms with Crippen LogP contribution in [0.25, 0.3) is 0 Å². The van der Waals surface area contributed by atoms with Gasteiger partial charge in [0.1, 0.15) is 11.4 Å². The number of hydrogen-bond acceptors (Lipinski definition) is 5. The SMILES string of the molecule is Cn1cnc(C(=O)N(Cc2cccc(OC(F)(F)F)c2)CC2C3CN(CC(=O)NC4CC4)CC32)c1. The normalized spacial score (nSPS) is 23.6. The standard InChI is InChI=1S/C24H28F3N5O3/c1-30-12-21(28-14-30)23(34)32(8-15-3-2-4-17(7-15)35-24(25,26)27)11-20-18-9-31(10-19(18)20)13-22(33)29-16-5-6-16/h2-4,7,12,14,16,18-20H,5-6,8-11,13H2,1H3,(H,29,33). The smallest absolute Gasteiger partial charge is 0.406 e. The van der Waals surface area contributed by atoms with Crippen molar-refractivity contribution in [3.63, 3.8) is 0 Å². The number of piperidine rings is 1. The molecule has 188 valence electrons. The maximum atomic E-state index is 13.3. The van der Waals surface area contributed by atoms with Crippen LogP contribution in [0.5, 0.6) is 5.75 Å². The minimum atomic E-state index is -4.78. The largest absolute Gasteiger partial charge is 0.573 e. The molecule has 2 unspecified atom stereocenters. The highest BCUT2D eigenvalue weighted by Crippen LogP contribution is 2.52. The number of ether oxygens (including phenoxy) is 1. The Bertz CT molecular complexity index is 1090. The molecule has 5 rings (SSSR count). The van der Waals surface area contributed by atoms with E-state index >= 15 is 0 Å². The van der Waals surface area contributed by atoms with Crippen molar-refractivity contribution in [3.05, 3.63) is 48.0 Å². The summed E-state index contributed by atoms with van der Waals surface area (Å²) in [5.41, 5.74) is 0.833. The van der Waals surface area contributed by atoms with Gasteiger partial charge in [0, 0.05) is 45.5 Å². The molecule has 2 atom stereocenters. The van der Waals surface area contributed by atoms with Crippen LogP contribution in [-0.4, -0.2) is 69.7 Å². The van der Waals surface area contributed by atoms with E-state index in [1.165, 1.54) is 18.2 Å². The fourth-order valence-electron chi connectivity index (χ4n) is 5.06.